The fraction of sp³-hybridized carbons (Fsp3) is 0.476. The molecule has 3 heterocycles. The van der Waals surface area contributed by atoms with Crippen molar-refractivity contribution in [2.24, 2.45) is 0 Å². The smallest absolute Gasteiger partial charge is 0.287 e. The number of para-hydroxylation sites is 1. The fourth-order valence-electron chi connectivity index (χ4n) is 4.09. The summed E-state index contributed by atoms with van der Waals surface area (Å²) in [6.07, 6.45) is 4.18. The zero-order valence-corrected chi connectivity index (χ0v) is 15.6. The number of nitrogens with zero attached hydrogens (tertiary/aromatic N) is 1. The van der Waals surface area contributed by atoms with Crippen LogP contribution in [-0.4, -0.2) is 49.8 Å². The Morgan fingerprint density at radius 3 is 2.81 bits per heavy atom. The molecule has 6 heteroatoms. The highest BCUT2D eigenvalue weighted by atomic mass is 16.5. The molecule has 1 fully saturated rings. The monoisotopic (exact) mass is 370 g/mol. The number of hydrogen-bond donors (Lipinski definition) is 1. The average Bonchev–Trinajstić information content (AvgIpc) is 3.23. The Bertz CT molecular complexity index is 766. The highest BCUT2D eigenvalue weighted by Crippen LogP contribution is 2.44. The summed E-state index contributed by atoms with van der Waals surface area (Å²) in [4.78, 5) is 15.0. The number of hydrogen-bond acceptors (Lipinski definition) is 5. The maximum Gasteiger partial charge on any atom is 0.287 e. The maximum atomic E-state index is 12.6. The number of carbonyl (C=O) groups is 1. The minimum Gasteiger partial charge on any atom is -0.487 e. The van der Waals surface area contributed by atoms with Crippen molar-refractivity contribution in [2.45, 2.75) is 30.9 Å². The molecule has 1 N–H and O–H groups in total. The van der Waals surface area contributed by atoms with E-state index in [4.69, 9.17) is 13.9 Å². The number of benzene rings is 1. The van der Waals surface area contributed by atoms with Crippen LogP contribution in [0.15, 0.2) is 47.1 Å². The van der Waals surface area contributed by atoms with E-state index in [2.05, 4.69) is 10.2 Å². The molecule has 2 aliphatic heterocycles. The number of carbonyl (C=O) groups excluding carboxylic acids is 1. The van der Waals surface area contributed by atoms with Gasteiger partial charge in [0.25, 0.3) is 5.91 Å². The summed E-state index contributed by atoms with van der Waals surface area (Å²) in [5.41, 5.74) is 0.795. The standard InChI is InChI=1S/C21H26N2O4/c1-25-14-12-23-10-8-21(9-11-23)15-17(16-5-2-3-6-18(16)27-21)22-20(24)19-7-4-13-26-19/h2-7,13,17H,8-12,14-15H2,1H3,(H,22,24)/t17-/m0/s1. The van der Waals surface area contributed by atoms with Crippen LogP contribution in [0.5, 0.6) is 5.75 Å². The Hall–Kier alpha value is -2.31. The van der Waals surface area contributed by atoms with Gasteiger partial charge in [0.05, 0.1) is 18.9 Å². The van der Waals surface area contributed by atoms with Gasteiger partial charge in [-0.1, -0.05) is 18.2 Å². The quantitative estimate of drug-likeness (QED) is 0.877. The number of likely N-dealkylation sites (tertiary alicyclic amines) is 1. The van der Waals surface area contributed by atoms with Gasteiger partial charge in [-0.25, -0.2) is 0 Å². The van der Waals surface area contributed by atoms with Crippen LogP contribution < -0.4 is 10.1 Å². The maximum absolute atomic E-state index is 12.6. The lowest BCUT2D eigenvalue weighted by Gasteiger charge is -2.47. The molecule has 0 radical (unpaired) electrons. The topological polar surface area (TPSA) is 63.9 Å². The van der Waals surface area contributed by atoms with Gasteiger partial charge in [-0.15, -0.1) is 0 Å². The molecule has 0 unspecified atom stereocenters. The van der Waals surface area contributed by atoms with E-state index in [0.29, 0.717) is 5.76 Å². The van der Waals surface area contributed by atoms with Crippen molar-refractivity contribution in [3.05, 3.63) is 54.0 Å². The highest BCUT2D eigenvalue weighted by Gasteiger charge is 2.43. The first kappa shape index (κ1) is 18.1. The van der Waals surface area contributed by atoms with E-state index < -0.39 is 0 Å². The van der Waals surface area contributed by atoms with Crippen LogP contribution in [0.1, 0.15) is 41.4 Å². The molecule has 1 aromatic heterocycles. The first-order valence-electron chi connectivity index (χ1n) is 9.53. The molecule has 6 nitrogen and oxygen atoms in total. The number of ether oxygens (including phenoxy) is 2. The minimum absolute atomic E-state index is 0.0851. The molecule has 0 aliphatic carbocycles. The normalized spacial score (nSPS) is 21.4. The summed E-state index contributed by atoms with van der Waals surface area (Å²) in [6.45, 7) is 3.65. The summed E-state index contributed by atoms with van der Waals surface area (Å²) < 4.78 is 16.9. The molecule has 2 aliphatic rings. The van der Waals surface area contributed by atoms with E-state index in [1.54, 1.807) is 19.2 Å². The molecule has 1 spiro atoms. The number of methoxy groups -OCH3 is 1. The summed E-state index contributed by atoms with van der Waals surface area (Å²) in [5, 5.41) is 3.15. The Morgan fingerprint density at radius 2 is 2.07 bits per heavy atom. The number of amides is 1. The van der Waals surface area contributed by atoms with Crippen LogP contribution in [0.2, 0.25) is 0 Å². The number of rotatable bonds is 5. The Labute approximate surface area is 159 Å². The third-order valence-electron chi connectivity index (χ3n) is 5.63. The lowest BCUT2D eigenvalue weighted by Crippen LogP contribution is -2.52. The molecule has 1 saturated heterocycles. The fourth-order valence-corrected chi connectivity index (χ4v) is 4.09. The van der Waals surface area contributed by atoms with Gasteiger partial charge in [-0.05, 0) is 31.0 Å². The van der Waals surface area contributed by atoms with E-state index >= 15 is 0 Å². The first-order chi connectivity index (χ1) is 13.2. The second kappa shape index (κ2) is 7.74. The Balaban J connectivity index is 1.51. The SMILES string of the molecule is COCCN1CCC2(CC1)C[C@H](NC(=O)c1ccco1)c1ccccc1O2. The van der Waals surface area contributed by atoms with Gasteiger partial charge in [0, 0.05) is 38.7 Å². The van der Waals surface area contributed by atoms with Gasteiger partial charge < -0.3 is 24.1 Å². The molecule has 1 amide bonds. The lowest BCUT2D eigenvalue weighted by molar-refractivity contribution is -0.0281. The Kier molecular flexibility index (Phi) is 5.18. The average molecular weight is 370 g/mol. The second-order valence-electron chi connectivity index (χ2n) is 7.36. The number of furan rings is 1. The van der Waals surface area contributed by atoms with Crippen molar-refractivity contribution in [1.82, 2.24) is 10.2 Å². The second-order valence-corrected chi connectivity index (χ2v) is 7.36. The van der Waals surface area contributed by atoms with Crippen molar-refractivity contribution in [1.29, 1.82) is 0 Å². The number of fused-ring (bicyclic) bond motifs is 1. The van der Waals surface area contributed by atoms with E-state index in [0.717, 1.165) is 56.8 Å². The molecule has 1 atom stereocenters. The van der Waals surface area contributed by atoms with Crippen molar-refractivity contribution < 1.29 is 18.7 Å². The third kappa shape index (κ3) is 3.87. The van der Waals surface area contributed by atoms with Crippen LogP contribution in [0.25, 0.3) is 0 Å². The van der Waals surface area contributed by atoms with Gasteiger partial charge in [0.15, 0.2) is 5.76 Å². The molecule has 2 aromatic rings. The van der Waals surface area contributed by atoms with Crippen LogP contribution in [0.4, 0.5) is 0 Å². The van der Waals surface area contributed by atoms with Crippen LogP contribution in [0, 0.1) is 0 Å². The van der Waals surface area contributed by atoms with E-state index in [1.807, 2.05) is 24.3 Å². The van der Waals surface area contributed by atoms with Gasteiger partial charge in [-0.2, -0.15) is 0 Å². The summed E-state index contributed by atoms with van der Waals surface area (Å²) >= 11 is 0. The van der Waals surface area contributed by atoms with Gasteiger partial charge >= 0.3 is 0 Å². The van der Waals surface area contributed by atoms with Crippen LogP contribution in [0.3, 0.4) is 0 Å². The zero-order chi connectivity index (χ0) is 18.7. The predicted molar refractivity (Wildman–Crippen MR) is 101 cm³/mol. The molecule has 144 valence electrons. The molecule has 0 bridgehead atoms. The van der Waals surface area contributed by atoms with Gasteiger partial charge in [0.2, 0.25) is 0 Å². The molecule has 27 heavy (non-hydrogen) atoms. The van der Waals surface area contributed by atoms with Crippen LogP contribution >= 0.6 is 0 Å². The van der Waals surface area contributed by atoms with E-state index in [9.17, 15) is 4.79 Å². The first-order valence-corrected chi connectivity index (χ1v) is 9.53. The molecule has 0 saturated carbocycles. The number of piperidine rings is 1. The largest absolute Gasteiger partial charge is 0.487 e. The molecular weight excluding hydrogens is 344 g/mol. The number of nitrogens with one attached hydrogen (secondary N) is 1. The summed E-state index contributed by atoms with van der Waals surface area (Å²) in [5.74, 6) is 1.02. The predicted octanol–water partition coefficient (Wildman–Crippen LogP) is 3.01. The van der Waals surface area contributed by atoms with Crippen molar-refractivity contribution >= 4 is 5.91 Å². The van der Waals surface area contributed by atoms with E-state index in [1.165, 1.54) is 6.26 Å². The molecule has 4 rings (SSSR count). The minimum atomic E-state index is -0.237. The van der Waals surface area contributed by atoms with Crippen molar-refractivity contribution in [3.8, 4) is 5.75 Å². The van der Waals surface area contributed by atoms with Crippen molar-refractivity contribution in [3.63, 3.8) is 0 Å². The molecule has 1 aromatic carbocycles. The lowest BCUT2D eigenvalue weighted by atomic mass is 9.80. The molecular formula is C21H26N2O4. The third-order valence-corrected chi connectivity index (χ3v) is 5.63. The summed E-state index contributed by atoms with van der Waals surface area (Å²) in [6, 6.07) is 11.3. The highest BCUT2D eigenvalue weighted by molar-refractivity contribution is 5.91. The van der Waals surface area contributed by atoms with Crippen LogP contribution in [-0.2, 0) is 4.74 Å². The Morgan fingerprint density at radius 1 is 1.26 bits per heavy atom. The summed E-state index contributed by atoms with van der Waals surface area (Å²) in [7, 11) is 1.74. The van der Waals surface area contributed by atoms with Crippen molar-refractivity contribution in [2.75, 3.05) is 33.4 Å². The van der Waals surface area contributed by atoms with E-state index in [-0.39, 0.29) is 17.6 Å². The van der Waals surface area contributed by atoms with Gasteiger partial charge in [-0.3, -0.25) is 4.79 Å². The zero-order valence-electron chi connectivity index (χ0n) is 15.6. The van der Waals surface area contributed by atoms with Gasteiger partial charge in [0.1, 0.15) is 11.4 Å².